The molecule has 6 heteroatoms. The molecule has 1 aromatic heterocycles. The minimum absolute atomic E-state index is 0.105. The molecule has 6 nitrogen and oxygen atoms in total. The lowest BCUT2D eigenvalue weighted by Crippen LogP contribution is -2.43. The fourth-order valence-corrected chi connectivity index (χ4v) is 4.16. The van der Waals surface area contributed by atoms with Crippen LogP contribution in [0.2, 0.25) is 0 Å². The standard InChI is InChI=1S/C26H29N3O3/c1-18(2)17-32-26(31)28-15-14-23-22(16-28)25(30)29(19(3)27-23)24(20-10-6-4-7-11-20)21-12-8-5-9-13-21/h4-13,18,24H,14-17H2,1-3H3. The van der Waals surface area contributed by atoms with E-state index in [1.165, 1.54) is 0 Å². The quantitative estimate of drug-likeness (QED) is 0.603. The average Bonchev–Trinajstić information content (AvgIpc) is 2.81. The van der Waals surface area contributed by atoms with Gasteiger partial charge >= 0.3 is 6.09 Å². The van der Waals surface area contributed by atoms with Crippen molar-refractivity contribution in [3.63, 3.8) is 0 Å². The molecule has 3 aromatic rings. The molecule has 0 unspecified atom stereocenters. The number of amides is 1. The molecule has 2 aromatic carbocycles. The van der Waals surface area contributed by atoms with Gasteiger partial charge in [-0.25, -0.2) is 9.78 Å². The highest BCUT2D eigenvalue weighted by atomic mass is 16.6. The Labute approximate surface area is 188 Å². The van der Waals surface area contributed by atoms with Crippen molar-refractivity contribution >= 4 is 6.09 Å². The fourth-order valence-electron chi connectivity index (χ4n) is 4.16. The first kappa shape index (κ1) is 21.8. The maximum atomic E-state index is 13.8. The highest BCUT2D eigenvalue weighted by Gasteiger charge is 2.29. The molecule has 4 rings (SSSR count). The molecule has 0 bridgehead atoms. The molecule has 0 N–H and O–H groups in total. The summed E-state index contributed by atoms with van der Waals surface area (Å²) in [7, 11) is 0. The van der Waals surface area contributed by atoms with Crippen molar-refractivity contribution < 1.29 is 9.53 Å². The Balaban J connectivity index is 1.76. The number of ether oxygens (including phenoxy) is 1. The summed E-state index contributed by atoms with van der Waals surface area (Å²) in [5.74, 6) is 0.928. The molecule has 1 aliphatic rings. The van der Waals surface area contributed by atoms with Gasteiger partial charge in [0, 0.05) is 13.0 Å². The molecule has 2 heterocycles. The third-order valence-corrected chi connectivity index (χ3v) is 5.73. The van der Waals surface area contributed by atoms with E-state index in [0.29, 0.717) is 31.0 Å². The van der Waals surface area contributed by atoms with Gasteiger partial charge < -0.3 is 9.64 Å². The van der Waals surface area contributed by atoms with Gasteiger partial charge in [-0.15, -0.1) is 0 Å². The summed E-state index contributed by atoms with van der Waals surface area (Å²) in [6.07, 6.45) is 0.170. The molecular weight excluding hydrogens is 402 g/mol. The van der Waals surface area contributed by atoms with Crippen LogP contribution in [-0.2, 0) is 17.7 Å². The lowest BCUT2D eigenvalue weighted by molar-refractivity contribution is 0.0873. The van der Waals surface area contributed by atoms with Crippen LogP contribution in [0, 0.1) is 12.8 Å². The summed E-state index contributed by atoms with van der Waals surface area (Å²) in [5.41, 5.74) is 3.26. The molecule has 0 radical (unpaired) electrons. The molecule has 1 amide bonds. The predicted molar refractivity (Wildman–Crippen MR) is 124 cm³/mol. The van der Waals surface area contributed by atoms with Crippen LogP contribution in [0.3, 0.4) is 0 Å². The van der Waals surface area contributed by atoms with Crippen molar-refractivity contribution in [2.45, 2.75) is 39.8 Å². The van der Waals surface area contributed by atoms with Crippen LogP contribution in [0.15, 0.2) is 65.5 Å². The smallest absolute Gasteiger partial charge is 0.410 e. The van der Waals surface area contributed by atoms with Crippen LogP contribution in [-0.4, -0.2) is 33.7 Å². The fraction of sp³-hybridized carbons (Fsp3) is 0.346. The first-order valence-corrected chi connectivity index (χ1v) is 11.1. The Hall–Kier alpha value is -3.41. The number of aryl methyl sites for hydroxylation is 1. The molecule has 0 fully saturated rings. The minimum atomic E-state index is -0.376. The first-order valence-electron chi connectivity index (χ1n) is 11.1. The zero-order valence-electron chi connectivity index (χ0n) is 18.8. The van der Waals surface area contributed by atoms with Gasteiger partial charge in [0.2, 0.25) is 0 Å². The van der Waals surface area contributed by atoms with E-state index in [4.69, 9.17) is 9.72 Å². The number of rotatable bonds is 5. The summed E-state index contributed by atoms with van der Waals surface area (Å²) in [4.78, 5) is 32.7. The van der Waals surface area contributed by atoms with Crippen molar-refractivity contribution in [2.24, 2.45) is 5.92 Å². The maximum absolute atomic E-state index is 13.8. The number of aromatic nitrogens is 2. The molecule has 0 aliphatic carbocycles. The van der Waals surface area contributed by atoms with Crippen LogP contribution in [0.4, 0.5) is 4.79 Å². The number of carbonyl (C=O) groups excluding carboxylic acids is 1. The Morgan fingerprint density at radius 1 is 1.03 bits per heavy atom. The van der Waals surface area contributed by atoms with Crippen LogP contribution in [0.25, 0.3) is 0 Å². The number of carbonyl (C=O) groups is 1. The summed E-state index contributed by atoms with van der Waals surface area (Å²) in [6, 6.07) is 19.6. The molecule has 166 valence electrons. The maximum Gasteiger partial charge on any atom is 0.410 e. The predicted octanol–water partition coefficient (Wildman–Crippen LogP) is 4.34. The Kier molecular flexibility index (Phi) is 6.40. The van der Waals surface area contributed by atoms with Crippen LogP contribution in [0.5, 0.6) is 0 Å². The van der Waals surface area contributed by atoms with Gasteiger partial charge in [-0.3, -0.25) is 9.36 Å². The Morgan fingerprint density at radius 3 is 2.19 bits per heavy atom. The van der Waals surface area contributed by atoms with Crippen molar-refractivity contribution in [3.05, 3.63) is 99.2 Å². The summed E-state index contributed by atoms with van der Waals surface area (Å²) >= 11 is 0. The van der Waals surface area contributed by atoms with E-state index in [1.54, 1.807) is 9.47 Å². The van der Waals surface area contributed by atoms with E-state index in [2.05, 4.69) is 0 Å². The van der Waals surface area contributed by atoms with E-state index in [1.807, 2.05) is 81.4 Å². The molecule has 0 saturated carbocycles. The Morgan fingerprint density at radius 2 is 1.62 bits per heavy atom. The van der Waals surface area contributed by atoms with Gasteiger partial charge in [-0.05, 0) is 24.0 Å². The largest absolute Gasteiger partial charge is 0.449 e. The second-order valence-corrected chi connectivity index (χ2v) is 8.63. The molecular formula is C26H29N3O3. The molecule has 0 saturated heterocycles. The number of hydrogen-bond acceptors (Lipinski definition) is 4. The van der Waals surface area contributed by atoms with Crippen molar-refractivity contribution in [1.29, 1.82) is 0 Å². The SMILES string of the molecule is Cc1nc2c(c(=O)n1C(c1ccccc1)c1ccccc1)CN(C(=O)OCC(C)C)CC2. The summed E-state index contributed by atoms with van der Waals surface area (Å²) in [6.45, 7) is 6.96. The third kappa shape index (κ3) is 4.44. The monoisotopic (exact) mass is 431 g/mol. The van der Waals surface area contributed by atoms with Gasteiger partial charge in [0.25, 0.3) is 5.56 Å². The van der Waals surface area contributed by atoms with Gasteiger partial charge in [0.15, 0.2) is 0 Å². The lowest BCUT2D eigenvalue weighted by atomic mass is 9.97. The second-order valence-electron chi connectivity index (χ2n) is 8.63. The zero-order valence-corrected chi connectivity index (χ0v) is 18.8. The van der Waals surface area contributed by atoms with Gasteiger partial charge in [0.1, 0.15) is 5.82 Å². The number of hydrogen-bond donors (Lipinski definition) is 0. The number of nitrogens with zero attached hydrogens (tertiary/aromatic N) is 3. The highest BCUT2D eigenvalue weighted by Crippen LogP contribution is 2.27. The van der Waals surface area contributed by atoms with Crippen LogP contribution in [0.1, 0.15) is 48.1 Å². The number of fused-ring (bicyclic) bond motifs is 1. The average molecular weight is 432 g/mol. The van der Waals surface area contributed by atoms with Gasteiger partial charge in [0.05, 0.1) is 30.5 Å². The Bertz CT molecular complexity index is 1100. The van der Waals surface area contributed by atoms with Gasteiger partial charge in [-0.1, -0.05) is 74.5 Å². The lowest BCUT2D eigenvalue weighted by Gasteiger charge is -2.30. The van der Waals surface area contributed by atoms with E-state index >= 15 is 0 Å². The molecule has 0 spiro atoms. The highest BCUT2D eigenvalue weighted by molar-refractivity contribution is 5.68. The van der Waals surface area contributed by atoms with Crippen LogP contribution < -0.4 is 5.56 Å². The first-order chi connectivity index (χ1) is 15.5. The number of benzene rings is 2. The van der Waals surface area contributed by atoms with Gasteiger partial charge in [-0.2, -0.15) is 0 Å². The molecule has 32 heavy (non-hydrogen) atoms. The minimum Gasteiger partial charge on any atom is -0.449 e. The van der Waals surface area contributed by atoms with E-state index in [0.717, 1.165) is 16.8 Å². The zero-order chi connectivity index (χ0) is 22.7. The summed E-state index contributed by atoms with van der Waals surface area (Å²) in [5, 5.41) is 0. The van der Waals surface area contributed by atoms with Crippen molar-refractivity contribution in [2.75, 3.05) is 13.2 Å². The van der Waals surface area contributed by atoms with Crippen molar-refractivity contribution in [1.82, 2.24) is 14.5 Å². The van der Waals surface area contributed by atoms with Crippen LogP contribution >= 0.6 is 0 Å². The van der Waals surface area contributed by atoms with E-state index in [-0.39, 0.29) is 30.2 Å². The topological polar surface area (TPSA) is 64.4 Å². The van der Waals surface area contributed by atoms with E-state index < -0.39 is 0 Å². The molecule has 0 atom stereocenters. The van der Waals surface area contributed by atoms with E-state index in [9.17, 15) is 9.59 Å². The normalized spacial score (nSPS) is 13.3. The van der Waals surface area contributed by atoms with Crippen molar-refractivity contribution in [3.8, 4) is 0 Å². The second kappa shape index (κ2) is 9.39. The molecule has 1 aliphatic heterocycles. The third-order valence-electron chi connectivity index (χ3n) is 5.73. The summed E-state index contributed by atoms with van der Waals surface area (Å²) < 4.78 is 7.15.